The van der Waals surface area contributed by atoms with Crippen LogP contribution >= 0.6 is 0 Å². The third-order valence-corrected chi connectivity index (χ3v) is 1.86. The van der Waals surface area contributed by atoms with Crippen molar-refractivity contribution in [2.24, 2.45) is 0 Å². The van der Waals surface area contributed by atoms with Gasteiger partial charge in [-0.2, -0.15) is 0 Å². The Balaban J connectivity index is 2.52. The highest BCUT2D eigenvalue weighted by Crippen LogP contribution is 2.08. The average molecular weight is 167 g/mol. The number of hydrogen-bond acceptors (Lipinski definition) is 2. The minimum absolute atomic E-state index is 1.06. The number of anilines is 1. The second-order valence-corrected chi connectivity index (χ2v) is 3.21. The summed E-state index contributed by atoms with van der Waals surface area (Å²) in [7, 11) is 4.02. The minimum Gasteiger partial charge on any atom is -0.363 e. The van der Waals surface area contributed by atoms with E-state index in [4.69, 9.17) is 0 Å². The molecule has 1 heterocycles. The predicted molar refractivity (Wildman–Crippen MR) is 51.5 cm³/mol. The molecule has 3 heteroatoms. The topological polar surface area (TPSA) is 31.9 Å². The van der Waals surface area contributed by atoms with Crippen LogP contribution in [-0.4, -0.2) is 24.1 Å². The Hall–Kier alpha value is -0.990. The number of H-pyrrole nitrogens is 1. The molecule has 0 unspecified atom stereocenters. The summed E-state index contributed by atoms with van der Waals surface area (Å²) >= 11 is 0. The van der Waals surface area contributed by atoms with E-state index in [1.54, 1.807) is 0 Å². The first-order valence-electron chi connectivity index (χ1n) is 4.45. The Bertz CT molecular complexity index is 227. The van der Waals surface area contributed by atoms with Crippen LogP contribution in [0.3, 0.4) is 0 Å². The van der Waals surface area contributed by atoms with Gasteiger partial charge in [0.15, 0.2) is 0 Å². The van der Waals surface area contributed by atoms with Crippen LogP contribution in [0.1, 0.15) is 25.6 Å². The Labute approximate surface area is 73.8 Å². The third kappa shape index (κ3) is 2.26. The number of nitrogens with one attached hydrogen (secondary N) is 1. The number of rotatable bonds is 4. The summed E-state index contributed by atoms with van der Waals surface area (Å²) in [6.45, 7) is 2.19. The van der Waals surface area contributed by atoms with Crippen LogP contribution in [0.25, 0.3) is 0 Å². The fraction of sp³-hybridized carbons (Fsp3) is 0.667. The van der Waals surface area contributed by atoms with Crippen molar-refractivity contribution in [2.75, 3.05) is 19.0 Å². The SMILES string of the molecule is CCCCc1ncc(N(C)C)[nH]1. The summed E-state index contributed by atoms with van der Waals surface area (Å²) < 4.78 is 0. The van der Waals surface area contributed by atoms with Gasteiger partial charge in [0.1, 0.15) is 11.6 Å². The van der Waals surface area contributed by atoms with Crippen LogP contribution in [-0.2, 0) is 6.42 Å². The molecule has 3 nitrogen and oxygen atoms in total. The van der Waals surface area contributed by atoms with Crippen molar-refractivity contribution in [1.82, 2.24) is 9.97 Å². The van der Waals surface area contributed by atoms with E-state index in [0.717, 1.165) is 18.1 Å². The second kappa shape index (κ2) is 4.14. The van der Waals surface area contributed by atoms with E-state index < -0.39 is 0 Å². The summed E-state index contributed by atoms with van der Waals surface area (Å²) in [5.41, 5.74) is 0. The van der Waals surface area contributed by atoms with Crippen LogP contribution in [0.4, 0.5) is 5.82 Å². The molecule has 0 aliphatic carbocycles. The fourth-order valence-electron chi connectivity index (χ4n) is 1.05. The number of hydrogen-bond donors (Lipinski definition) is 1. The zero-order valence-corrected chi connectivity index (χ0v) is 8.09. The van der Waals surface area contributed by atoms with Crippen LogP contribution in [0.2, 0.25) is 0 Å². The molecule has 0 fully saturated rings. The number of unbranched alkanes of at least 4 members (excludes halogenated alkanes) is 1. The highest BCUT2D eigenvalue weighted by Gasteiger charge is 2.00. The van der Waals surface area contributed by atoms with E-state index in [9.17, 15) is 0 Å². The molecule has 1 aromatic rings. The molecule has 0 aliphatic rings. The van der Waals surface area contributed by atoms with Gasteiger partial charge in [-0.15, -0.1) is 0 Å². The van der Waals surface area contributed by atoms with Gasteiger partial charge in [-0.05, 0) is 6.42 Å². The first-order valence-corrected chi connectivity index (χ1v) is 4.45. The second-order valence-electron chi connectivity index (χ2n) is 3.21. The van der Waals surface area contributed by atoms with Crippen molar-refractivity contribution >= 4 is 5.82 Å². The third-order valence-electron chi connectivity index (χ3n) is 1.86. The van der Waals surface area contributed by atoms with Crippen molar-refractivity contribution in [3.05, 3.63) is 12.0 Å². The summed E-state index contributed by atoms with van der Waals surface area (Å²) in [6, 6.07) is 0. The molecule has 0 atom stereocenters. The van der Waals surface area contributed by atoms with Gasteiger partial charge in [0.25, 0.3) is 0 Å². The van der Waals surface area contributed by atoms with E-state index in [-0.39, 0.29) is 0 Å². The molecule has 0 aliphatic heterocycles. The van der Waals surface area contributed by atoms with E-state index in [1.165, 1.54) is 12.8 Å². The summed E-state index contributed by atoms with van der Waals surface area (Å²) in [5.74, 6) is 2.18. The Morgan fingerprint density at radius 1 is 1.50 bits per heavy atom. The molecule has 1 aromatic heterocycles. The normalized spacial score (nSPS) is 10.2. The molecule has 0 aromatic carbocycles. The smallest absolute Gasteiger partial charge is 0.125 e. The Kier molecular flexibility index (Phi) is 3.14. The van der Waals surface area contributed by atoms with Crippen LogP contribution < -0.4 is 4.90 Å². The highest BCUT2D eigenvalue weighted by molar-refractivity contribution is 5.34. The van der Waals surface area contributed by atoms with Gasteiger partial charge in [0, 0.05) is 20.5 Å². The maximum atomic E-state index is 4.28. The molecule has 0 radical (unpaired) electrons. The predicted octanol–water partition coefficient (Wildman–Crippen LogP) is 1.82. The Morgan fingerprint density at radius 2 is 2.25 bits per heavy atom. The quantitative estimate of drug-likeness (QED) is 0.741. The molecular formula is C9H17N3. The van der Waals surface area contributed by atoms with Gasteiger partial charge in [0.05, 0.1) is 6.20 Å². The average Bonchev–Trinajstić information content (AvgIpc) is 2.48. The van der Waals surface area contributed by atoms with Gasteiger partial charge < -0.3 is 9.88 Å². The summed E-state index contributed by atoms with van der Waals surface area (Å²) in [4.78, 5) is 9.57. The largest absolute Gasteiger partial charge is 0.363 e. The van der Waals surface area contributed by atoms with Crippen molar-refractivity contribution < 1.29 is 0 Å². The lowest BCUT2D eigenvalue weighted by atomic mass is 10.2. The number of aromatic nitrogens is 2. The van der Waals surface area contributed by atoms with E-state index in [1.807, 2.05) is 25.2 Å². The molecule has 0 saturated heterocycles. The molecule has 0 saturated carbocycles. The molecule has 12 heavy (non-hydrogen) atoms. The van der Waals surface area contributed by atoms with Gasteiger partial charge in [-0.1, -0.05) is 13.3 Å². The lowest BCUT2D eigenvalue weighted by Crippen LogP contribution is -2.08. The molecule has 0 bridgehead atoms. The highest BCUT2D eigenvalue weighted by atomic mass is 15.2. The number of aromatic amines is 1. The zero-order valence-electron chi connectivity index (χ0n) is 8.09. The minimum atomic E-state index is 1.06. The standard InChI is InChI=1S/C9H17N3/c1-4-5-6-8-10-7-9(11-8)12(2)3/h7H,4-6H2,1-3H3,(H,10,11). The maximum absolute atomic E-state index is 4.28. The first-order chi connectivity index (χ1) is 5.74. The van der Waals surface area contributed by atoms with E-state index >= 15 is 0 Å². The Morgan fingerprint density at radius 3 is 2.75 bits per heavy atom. The molecule has 1 N–H and O–H groups in total. The van der Waals surface area contributed by atoms with Crippen molar-refractivity contribution in [1.29, 1.82) is 0 Å². The molecule has 0 spiro atoms. The van der Waals surface area contributed by atoms with Crippen LogP contribution in [0.15, 0.2) is 6.20 Å². The van der Waals surface area contributed by atoms with Crippen molar-refractivity contribution in [3.8, 4) is 0 Å². The number of aryl methyl sites for hydroxylation is 1. The van der Waals surface area contributed by atoms with E-state index in [0.29, 0.717) is 0 Å². The van der Waals surface area contributed by atoms with Crippen LogP contribution in [0.5, 0.6) is 0 Å². The van der Waals surface area contributed by atoms with Gasteiger partial charge in [-0.25, -0.2) is 4.98 Å². The molecule has 0 amide bonds. The number of imidazole rings is 1. The van der Waals surface area contributed by atoms with Crippen molar-refractivity contribution in [3.63, 3.8) is 0 Å². The lowest BCUT2D eigenvalue weighted by molar-refractivity contribution is 0.762. The monoisotopic (exact) mass is 167 g/mol. The maximum Gasteiger partial charge on any atom is 0.125 e. The molecule has 1 rings (SSSR count). The van der Waals surface area contributed by atoms with Gasteiger partial charge in [0.2, 0.25) is 0 Å². The summed E-state index contributed by atoms with van der Waals surface area (Å²) in [6.07, 6.45) is 5.37. The lowest BCUT2D eigenvalue weighted by Gasteiger charge is -2.07. The van der Waals surface area contributed by atoms with Gasteiger partial charge >= 0.3 is 0 Å². The van der Waals surface area contributed by atoms with Gasteiger partial charge in [-0.3, -0.25) is 0 Å². The van der Waals surface area contributed by atoms with Crippen LogP contribution in [0, 0.1) is 0 Å². The first kappa shape index (κ1) is 9.10. The van der Waals surface area contributed by atoms with Crippen molar-refractivity contribution in [2.45, 2.75) is 26.2 Å². The van der Waals surface area contributed by atoms with E-state index in [2.05, 4.69) is 16.9 Å². The summed E-state index contributed by atoms with van der Waals surface area (Å²) in [5, 5.41) is 0. The molecular weight excluding hydrogens is 150 g/mol. The zero-order chi connectivity index (χ0) is 8.97. The number of nitrogens with zero attached hydrogens (tertiary/aromatic N) is 2. The molecule has 68 valence electrons. The fourth-order valence-corrected chi connectivity index (χ4v) is 1.05.